The first kappa shape index (κ1) is 95.5. The van der Waals surface area contributed by atoms with Gasteiger partial charge < -0.3 is 39.0 Å². The van der Waals surface area contributed by atoms with Gasteiger partial charge in [0, 0.05) is 57.6 Å². The van der Waals surface area contributed by atoms with Gasteiger partial charge in [-0.25, -0.2) is 19.9 Å². The third kappa shape index (κ3) is 52.5. The molecule has 0 fully saturated rings. The summed E-state index contributed by atoms with van der Waals surface area (Å²) < 4.78 is 58.3. The summed E-state index contributed by atoms with van der Waals surface area (Å²) in [6.07, 6.45) is 11.5. The topological polar surface area (TPSA) is 409 Å². The summed E-state index contributed by atoms with van der Waals surface area (Å²) in [6.45, 7) is 11.1. The van der Waals surface area contributed by atoms with Gasteiger partial charge >= 0.3 is 51.7 Å². The van der Waals surface area contributed by atoms with Crippen LogP contribution < -0.4 is 67.8 Å². The van der Waals surface area contributed by atoms with E-state index in [4.69, 9.17) is 152 Å². The number of nitrogens with one attached hydrogen (secondary N) is 1. The molecular formula is C47H66BrCl7N10NaO19PS+2. The van der Waals surface area contributed by atoms with Crippen LogP contribution in [0, 0.1) is 71.9 Å². The second kappa shape index (κ2) is 57.3. The normalized spacial score (nSPS) is 8.92. The van der Waals surface area contributed by atoms with E-state index in [0.717, 1.165) is 50.1 Å². The molecule has 7 aromatic heterocycles. The summed E-state index contributed by atoms with van der Waals surface area (Å²) in [5.41, 5.74) is 6.41. The number of nitro groups is 2. The van der Waals surface area contributed by atoms with Crippen LogP contribution in [0.5, 0.6) is 29.4 Å². The SMILES string of the molecule is C.COc1cc([N+](=O)[O-])c(C)c[n+]1O.COc1cc([N+](=O)[O-])c(C)cn1.COc1ccc(C)c[n+]1O.COc1ccc(C)cn1.COc1ncc(C)c2[nH]ccc12.C[O-].Cc1ccc(Br)nc1.ClCCl.ClCCl.ClP(Cl)Cl.O=S(=O)(O)O.O=[N+]([O-])O.[Na+]. The van der Waals surface area contributed by atoms with E-state index in [9.17, 15) is 20.2 Å². The van der Waals surface area contributed by atoms with E-state index in [0.29, 0.717) is 33.5 Å². The van der Waals surface area contributed by atoms with E-state index in [1.807, 2.05) is 76.5 Å². The van der Waals surface area contributed by atoms with Gasteiger partial charge in [-0.2, -0.15) is 15.5 Å². The Bertz CT molecular complexity index is 3040. The zero-order valence-electron chi connectivity index (χ0n) is 48.0. The molecule has 7 rings (SSSR count). The first-order valence-corrected chi connectivity index (χ1v) is 30.4. The molecule has 0 amide bonds. The first-order chi connectivity index (χ1) is 39.7. The molecule has 87 heavy (non-hydrogen) atoms. The summed E-state index contributed by atoms with van der Waals surface area (Å²) >= 11 is 36.9. The van der Waals surface area contributed by atoms with Crippen LogP contribution in [0.4, 0.5) is 11.4 Å². The van der Waals surface area contributed by atoms with Crippen LogP contribution in [0.15, 0.2) is 103 Å². The third-order valence-corrected chi connectivity index (χ3v) is 8.70. The number of nitrogens with zero attached hydrogens (tertiary/aromatic N) is 9. The molecule has 0 atom stereocenters. The second-order valence-electron chi connectivity index (χ2n) is 14.2. The van der Waals surface area contributed by atoms with Gasteiger partial charge in [0.2, 0.25) is 30.0 Å². The largest absolute Gasteiger partial charge is 1.00 e. The maximum absolute atomic E-state index is 10.5. The zero-order valence-corrected chi connectivity index (χ0v) is 58.6. The molecule has 0 saturated heterocycles. The van der Waals surface area contributed by atoms with Crippen LogP contribution in [0.3, 0.4) is 0 Å². The van der Waals surface area contributed by atoms with Gasteiger partial charge in [-0.05, 0) is 92.4 Å². The summed E-state index contributed by atoms with van der Waals surface area (Å²) in [5, 5.41) is 62.4. The molecule has 0 aromatic carbocycles. The number of methoxy groups -OCH3 is 5. The van der Waals surface area contributed by atoms with E-state index in [-0.39, 0.29) is 70.8 Å². The minimum absolute atomic E-state index is 0. The Labute approximate surface area is 568 Å². The number of alkyl halides is 4. The van der Waals surface area contributed by atoms with Crippen molar-refractivity contribution in [3.63, 3.8) is 0 Å². The quantitative estimate of drug-likeness (QED) is 0.00996. The van der Waals surface area contributed by atoms with Gasteiger partial charge in [0.25, 0.3) is 16.5 Å². The molecule has 6 N–H and O–H groups in total. The van der Waals surface area contributed by atoms with Gasteiger partial charge in [-0.3, -0.25) is 39.7 Å². The number of ether oxygens (including phenoxy) is 5. The molecule has 0 aliphatic heterocycles. The van der Waals surface area contributed by atoms with Crippen molar-refractivity contribution in [2.24, 2.45) is 0 Å². The Morgan fingerprint density at radius 2 is 1.01 bits per heavy atom. The molecule has 7 heterocycles. The van der Waals surface area contributed by atoms with Crippen molar-refractivity contribution in [3.8, 4) is 29.4 Å². The number of aryl methyl sites for hydroxylation is 6. The number of aromatic amines is 1. The number of H-pyrrole nitrogens is 1. The fourth-order valence-corrected chi connectivity index (χ4v) is 5.09. The standard InChI is InChI=1S/C9H10N2O.C7H9N2O4.C7H8N2O3.C7H10NO2.C7H9NO.C6H6BrN.2CH2Cl2.CH3O.CH4.Cl3P.HNO3.Na.H2O4S/c1-6-5-11-9(12-2)7-3-4-10-8(6)7;1-5-4-8(10)7(13-2)3-6(5)9(11)12;1-5-4-8-7(12-2)3-6(5)9(10)11;1-6-3-4-7(10-2)8(9)5-6;1-6-3-4-7(9-2)8-5-6;1-5-2-3-6(7)8-4-5;2*2-1-3;1-2;;1-4(2)3;2-1(3)4;;1-5(2,3)4/h3-5,10H,1-2H3;3-4,10H,1-2H3;3-4H,1-2H3;3-5,9H,1-2H3;3-5H,1-2H3;2-4H,1H3;2*1H2;1H3;1H4;;(H,2,3,4);;(H2,1,2,3,4)/q;+1;;+1;;;;;-1;;;;+1;. The molecule has 0 aliphatic carbocycles. The molecular weight excluding hydrogens is 1420 g/mol. The molecule has 0 spiro atoms. The predicted molar refractivity (Wildman–Crippen MR) is 332 cm³/mol. The number of pyridine rings is 6. The smallest absolute Gasteiger partial charge is 0.857 e. The zero-order chi connectivity index (χ0) is 67.0. The molecule has 484 valence electrons. The predicted octanol–water partition coefficient (Wildman–Crippen LogP) is 9.09. The van der Waals surface area contributed by atoms with Crippen molar-refractivity contribution in [2.75, 3.05) is 53.3 Å². The van der Waals surface area contributed by atoms with Crippen molar-refractivity contribution in [3.05, 3.63) is 166 Å². The Hall–Kier alpha value is -5.19. The maximum atomic E-state index is 10.5. The number of aromatic nitrogens is 7. The number of hydrogen-bond donors (Lipinski definition) is 6. The van der Waals surface area contributed by atoms with Crippen molar-refractivity contribution < 1.29 is 116 Å². The van der Waals surface area contributed by atoms with E-state index in [2.05, 4.69) is 40.8 Å². The number of halogens is 8. The minimum Gasteiger partial charge on any atom is -0.857 e. The van der Waals surface area contributed by atoms with Crippen LogP contribution in [0.1, 0.15) is 40.8 Å². The maximum Gasteiger partial charge on any atom is 1.00 e. The first-order valence-electron chi connectivity index (χ1n) is 22.0. The molecule has 0 radical (unpaired) electrons. The molecule has 0 unspecified atom stereocenters. The van der Waals surface area contributed by atoms with E-state index >= 15 is 0 Å². The number of fused-ring (bicyclic) bond motifs is 1. The van der Waals surface area contributed by atoms with Crippen LogP contribution in [0.25, 0.3) is 10.9 Å². The fourth-order valence-electron chi connectivity index (χ4n) is 4.85. The van der Waals surface area contributed by atoms with Crippen molar-refractivity contribution in [1.82, 2.24) is 24.9 Å². The Morgan fingerprint density at radius 1 is 0.609 bits per heavy atom. The Morgan fingerprint density at radius 3 is 1.38 bits per heavy atom. The van der Waals surface area contributed by atoms with E-state index in [1.54, 1.807) is 45.8 Å². The van der Waals surface area contributed by atoms with Gasteiger partial charge in [0.1, 0.15) is 10.7 Å². The van der Waals surface area contributed by atoms with Crippen LogP contribution in [0.2, 0.25) is 0 Å². The minimum atomic E-state index is -4.67. The monoisotopic (exact) mass is 1480 g/mol. The summed E-state index contributed by atoms with van der Waals surface area (Å²) in [4.78, 5) is 47.3. The Kier molecular flexibility index (Phi) is 62.8. The Balaban J connectivity index is -0.000000166. The fraction of sp³-hybridized carbons (Fsp3) is 0.319. The van der Waals surface area contributed by atoms with Crippen molar-refractivity contribution >= 4 is 135 Å². The van der Waals surface area contributed by atoms with Gasteiger partial charge in [0.05, 0.1) is 84.7 Å². The summed E-state index contributed by atoms with van der Waals surface area (Å²) in [7, 11) is 3.57. The third-order valence-electron chi connectivity index (χ3n) is 8.23. The van der Waals surface area contributed by atoms with Gasteiger partial charge in [0.15, 0.2) is 5.98 Å². The molecule has 7 aromatic rings. The van der Waals surface area contributed by atoms with Crippen LogP contribution >= 0.6 is 102 Å². The summed E-state index contributed by atoms with van der Waals surface area (Å²) in [5.74, 6) is 0.859. The molecule has 0 bridgehead atoms. The second-order valence-corrected chi connectivity index (χ2v) is 22.5. The van der Waals surface area contributed by atoms with Gasteiger partial charge in [-0.15, -0.1) is 56.5 Å². The van der Waals surface area contributed by atoms with Crippen molar-refractivity contribution in [2.45, 2.75) is 49.0 Å². The van der Waals surface area contributed by atoms with E-state index in [1.165, 1.54) is 52.3 Å². The van der Waals surface area contributed by atoms with Crippen molar-refractivity contribution in [1.29, 1.82) is 0 Å². The summed E-state index contributed by atoms with van der Waals surface area (Å²) in [6, 6.07) is 15.7. The van der Waals surface area contributed by atoms with E-state index < -0.39 is 31.3 Å². The van der Waals surface area contributed by atoms with Crippen LogP contribution in [-0.2, 0) is 10.4 Å². The molecule has 0 saturated carbocycles. The number of hydrogen-bond acceptors (Lipinski definition) is 20. The average molecular weight is 1490 g/mol. The van der Waals surface area contributed by atoms with Crippen LogP contribution in [-0.4, -0.2) is 126 Å². The van der Waals surface area contributed by atoms with Gasteiger partial charge in [-0.1, -0.05) is 53.3 Å². The molecule has 0 aliphatic rings. The number of rotatable bonds is 7. The molecule has 40 heteroatoms. The average Bonchev–Trinajstić information content (AvgIpc) is 3.29. The molecule has 29 nitrogen and oxygen atoms in total.